The Kier molecular flexibility index (Phi) is 6.32. The number of nitrogens with one attached hydrogen (secondary N) is 1. The Labute approximate surface area is 148 Å². The highest BCUT2D eigenvalue weighted by molar-refractivity contribution is 7.98. The first kappa shape index (κ1) is 18.8. The van der Waals surface area contributed by atoms with Gasteiger partial charge in [-0.3, -0.25) is 0 Å². The molecule has 0 saturated carbocycles. The molecule has 130 valence electrons. The van der Waals surface area contributed by atoms with Crippen molar-refractivity contribution in [1.29, 1.82) is 0 Å². The molecule has 0 aliphatic rings. The molecule has 2 rings (SSSR count). The molecular weight excluding hydrogens is 342 g/mol. The zero-order chi connectivity index (χ0) is 17.7. The van der Waals surface area contributed by atoms with Crippen LogP contribution < -0.4 is 9.46 Å². The molecule has 0 amide bonds. The lowest BCUT2D eigenvalue weighted by Crippen LogP contribution is -2.27. The maximum Gasteiger partial charge on any atom is 0.241 e. The molecule has 0 spiro atoms. The highest BCUT2D eigenvalue weighted by atomic mass is 32.2. The van der Waals surface area contributed by atoms with Crippen molar-refractivity contribution in [3.63, 3.8) is 0 Å². The van der Waals surface area contributed by atoms with E-state index >= 15 is 0 Å². The molecule has 0 aliphatic carbocycles. The van der Waals surface area contributed by atoms with Gasteiger partial charge in [0.15, 0.2) is 0 Å². The summed E-state index contributed by atoms with van der Waals surface area (Å²) in [6.45, 7) is 6.13. The normalized spacial score (nSPS) is 12.8. The average Bonchev–Trinajstić information content (AvgIpc) is 2.56. The zero-order valence-electron chi connectivity index (χ0n) is 14.4. The van der Waals surface area contributed by atoms with Crippen molar-refractivity contribution < 1.29 is 13.2 Å². The zero-order valence-corrected chi connectivity index (χ0v) is 16.0. The average molecular weight is 366 g/mol. The second-order valence-electron chi connectivity index (χ2n) is 5.48. The summed E-state index contributed by atoms with van der Waals surface area (Å²) in [5, 5.41) is 0. The third kappa shape index (κ3) is 4.53. The highest BCUT2D eigenvalue weighted by Gasteiger charge is 2.19. The summed E-state index contributed by atoms with van der Waals surface area (Å²) in [7, 11) is -3.59. The summed E-state index contributed by atoms with van der Waals surface area (Å²) in [5.41, 5.74) is 1.73. The van der Waals surface area contributed by atoms with E-state index in [4.69, 9.17) is 4.74 Å². The fourth-order valence-electron chi connectivity index (χ4n) is 2.37. The van der Waals surface area contributed by atoms with Gasteiger partial charge in [0.25, 0.3) is 0 Å². The highest BCUT2D eigenvalue weighted by Crippen LogP contribution is 2.24. The quantitative estimate of drug-likeness (QED) is 0.749. The number of benzene rings is 2. The molecule has 0 saturated heterocycles. The summed E-state index contributed by atoms with van der Waals surface area (Å²) < 4.78 is 33.4. The topological polar surface area (TPSA) is 55.4 Å². The van der Waals surface area contributed by atoms with Gasteiger partial charge in [-0.2, -0.15) is 0 Å². The summed E-state index contributed by atoms with van der Waals surface area (Å²) in [6.07, 6.45) is 2.01. The Morgan fingerprint density at radius 3 is 2.38 bits per heavy atom. The van der Waals surface area contributed by atoms with Gasteiger partial charge >= 0.3 is 0 Å². The van der Waals surface area contributed by atoms with Crippen LogP contribution in [0.4, 0.5) is 0 Å². The van der Waals surface area contributed by atoms with Crippen LogP contribution in [0.25, 0.3) is 0 Å². The van der Waals surface area contributed by atoms with Gasteiger partial charge in [-0.15, -0.1) is 11.8 Å². The molecule has 0 fully saturated rings. The Morgan fingerprint density at radius 1 is 1.17 bits per heavy atom. The van der Waals surface area contributed by atoms with Crippen LogP contribution in [0.5, 0.6) is 5.75 Å². The van der Waals surface area contributed by atoms with Crippen LogP contribution >= 0.6 is 11.8 Å². The van der Waals surface area contributed by atoms with E-state index in [0.29, 0.717) is 12.4 Å². The summed E-state index contributed by atoms with van der Waals surface area (Å²) in [4.78, 5) is 1.40. The van der Waals surface area contributed by atoms with Crippen LogP contribution in [0, 0.1) is 6.92 Å². The van der Waals surface area contributed by atoms with Crippen molar-refractivity contribution in [2.24, 2.45) is 0 Å². The molecule has 2 aromatic carbocycles. The Balaban J connectivity index is 2.19. The molecule has 6 heteroatoms. The maximum absolute atomic E-state index is 12.6. The molecule has 4 nitrogen and oxygen atoms in total. The number of ether oxygens (including phenoxy) is 1. The van der Waals surface area contributed by atoms with E-state index in [1.807, 2.05) is 51.3 Å². The van der Waals surface area contributed by atoms with Gasteiger partial charge in [0.05, 0.1) is 11.5 Å². The summed E-state index contributed by atoms with van der Waals surface area (Å²) in [6, 6.07) is 12.5. The fraction of sp³-hybridized carbons (Fsp3) is 0.333. The minimum Gasteiger partial charge on any atom is -0.494 e. The molecule has 1 N–H and O–H groups in total. The van der Waals surface area contributed by atoms with Crippen molar-refractivity contribution in [2.45, 2.75) is 36.6 Å². The van der Waals surface area contributed by atoms with Crippen LogP contribution in [0.1, 0.15) is 31.0 Å². The molecule has 0 aliphatic heterocycles. The van der Waals surface area contributed by atoms with E-state index in [1.165, 1.54) is 0 Å². The van der Waals surface area contributed by atoms with Gasteiger partial charge < -0.3 is 4.74 Å². The SMILES string of the molecule is CCOc1ccc(S(=O)(=O)N[C@H](C)c2ccc(SC)cc2)cc1C. The third-order valence-corrected chi connectivity index (χ3v) is 5.99. The van der Waals surface area contributed by atoms with Crippen LogP contribution in [-0.2, 0) is 10.0 Å². The molecule has 0 heterocycles. The number of hydrogen-bond donors (Lipinski definition) is 1. The fourth-order valence-corrected chi connectivity index (χ4v) is 4.09. The Bertz CT molecular complexity index is 786. The van der Waals surface area contributed by atoms with Gasteiger partial charge in [-0.25, -0.2) is 13.1 Å². The second-order valence-corrected chi connectivity index (χ2v) is 8.07. The molecule has 1 atom stereocenters. The molecule has 2 aromatic rings. The maximum atomic E-state index is 12.6. The smallest absolute Gasteiger partial charge is 0.241 e. The van der Waals surface area contributed by atoms with Crippen molar-refractivity contribution in [1.82, 2.24) is 4.72 Å². The Morgan fingerprint density at radius 2 is 1.83 bits per heavy atom. The van der Waals surface area contributed by atoms with Gasteiger partial charge in [0.2, 0.25) is 10.0 Å². The minimum atomic E-state index is -3.59. The van der Waals surface area contributed by atoms with E-state index < -0.39 is 10.0 Å². The first-order valence-corrected chi connectivity index (χ1v) is 10.5. The number of rotatable bonds is 7. The molecule has 0 aromatic heterocycles. The number of sulfonamides is 1. The van der Waals surface area contributed by atoms with Gasteiger partial charge in [-0.1, -0.05) is 12.1 Å². The van der Waals surface area contributed by atoms with Crippen LogP contribution in [0.2, 0.25) is 0 Å². The van der Waals surface area contributed by atoms with Crippen molar-refractivity contribution in [3.8, 4) is 5.75 Å². The molecule has 0 bridgehead atoms. The predicted octanol–water partition coefficient (Wildman–Crippen LogP) is 4.16. The molecule has 0 unspecified atom stereocenters. The largest absolute Gasteiger partial charge is 0.494 e. The lowest BCUT2D eigenvalue weighted by molar-refractivity contribution is 0.337. The first-order valence-electron chi connectivity index (χ1n) is 7.77. The van der Waals surface area contributed by atoms with Crippen LogP contribution in [0.3, 0.4) is 0 Å². The predicted molar refractivity (Wildman–Crippen MR) is 99.3 cm³/mol. The first-order chi connectivity index (χ1) is 11.4. The van der Waals surface area contributed by atoms with E-state index in [9.17, 15) is 8.42 Å². The van der Waals surface area contributed by atoms with E-state index in [0.717, 1.165) is 16.0 Å². The molecule has 24 heavy (non-hydrogen) atoms. The number of thioether (sulfide) groups is 1. The van der Waals surface area contributed by atoms with Crippen LogP contribution in [0.15, 0.2) is 52.3 Å². The summed E-state index contributed by atoms with van der Waals surface area (Å²) >= 11 is 1.66. The standard InChI is InChI=1S/C18H23NO3S2/c1-5-22-18-11-10-17(12-13(18)2)24(20,21)19-14(3)15-6-8-16(23-4)9-7-15/h6-12,14,19H,5H2,1-4H3/t14-/m1/s1. The lowest BCUT2D eigenvalue weighted by Gasteiger charge is -2.16. The monoisotopic (exact) mass is 365 g/mol. The summed E-state index contributed by atoms with van der Waals surface area (Å²) in [5.74, 6) is 0.706. The lowest BCUT2D eigenvalue weighted by atomic mass is 10.1. The van der Waals surface area contributed by atoms with E-state index in [-0.39, 0.29) is 10.9 Å². The van der Waals surface area contributed by atoms with Crippen LogP contribution in [-0.4, -0.2) is 21.3 Å². The Hall–Kier alpha value is -1.50. The van der Waals surface area contributed by atoms with Crippen molar-refractivity contribution in [3.05, 3.63) is 53.6 Å². The van der Waals surface area contributed by atoms with E-state index in [1.54, 1.807) is 30.0 Å². The van der Waals surface area contributed by atoms with Crippen molar-refractivity contribution in [2.75, 3.05) is 12.9 Å². The van der Waals surface area contributed by atoms with Gasteiger partial charge in [0.1, 0.15) is 5.75 Å². The van der Waals surface area contributed by atoms with Gasteiger partial charge in [0, 0.05) is 10.9 Å². The third-order valence-electron chi connectivity index (χ3n) is 3.70. The second kappa shape index (κ2) is 8.05. The minimum absolute atomic E-state index is 0.246. The number of aryl methyl sites for hydroxylation is 1. The van der Waals surface area contributed by atoms with Gasteiger partial charge in [-0.05, 0) is 68.5 Å². The molecular formula is C18H23NO3S2. The molecule has 0 radical (unpaired) electrons. The van der Waals surface area contributed by atoms with E-state index in [2.05, 4.69) is 4.72 Å². The van der Waals surface area contributed by atoms with Crippen molar-refractivity contribution >= 4 is 21.8 Å². The number of hydrogen-bond acceptors (Lipinski definition) is 4.